The second-order valence-corrected chi connectivity index (χ2v) is 9.02. The van der Waals surface area contributed by atoms with Gasteiger partial charge in [-0.3, -0.25) is 0 Å². The molecular weight excluding hydrogens is 470 g/mol. The van der Waals surface area contributed by atoms with Crippen LogP contribution in [0.5, 0.6) is 5.75 Å². The summed E-state index contributed by atoms with van der Waals surface area (Å²) in [6.45, 7) is 6.67. The Kier molecular flexibility index (Phi) is 10.1. The second kappa shape index (κ2) is 12.3. The molecule has 174 valence electrons. The molecule has 2 rings (SSSR count). The van der Waals surface area contributed by atoms with Crippen molar-refractivity contribution in [3.8, 4) is 5.75 Å². The third kappa shape index (κ3) is 9.04. The first-order valence-electron chi connectivity index (χ1n) is 10.4. The number of carbonyl (C=O) groups is 2. The molecule has 0 radical (unpaired) electrons. The molecule has 1 unspecified atom stereocenters. The fraction of sp³-hybridized carbons (Fsp3) is 0.636. The van der Waals surface area contributed by atoms with Crippen molar-refractivity contribution in [2.75, 3.05) is 26.9 Å². The second-order valence-electron chi connectivity index (χ2n) is 8.17. The summed E-state index contributed by atoms with van der Waals surface area (Å²) >= 11 is 3.49. The molecule has 1 fully saturated rings. The van der Waals surface area contributed by atoms with E-state index in [-0.39, 0.29) is 12.7 Å². The van der Waals surface area contributed by atoms with Gasteiger partial charge in [0.25, 0.3) is 0 Å². The highest BCUT2D eigenvalue weighted by molar-refractivity contribution is 9.10. The van der Waals surface area contributed by atoms with E-state index >= 15 is 0 Å². The summed E-state index contributed by atoms with van der Waals surface area (Å²) in [6, 6.07) is 4.58. The number of alkyl carbamates (subject to hydrolysis) is 1. The largest absolute Gasteiger partial charge is 0.490 e. The summed E-state index contributed by atoms with van der Waals surface area (Å²) in [4.78, 5) is 24.5. The molecule has 1 aromatic rings. The van der Waals surface area contributed by atoms with Gasteiger partial charge in [-0.2, -0.15) is 0 Å². The van der Waals surface area contributed by atoms with Gasteiger partial charge < -0.3 is 29.0 Å². The van der Waals surface area contributed by atoms with Gasteiger partial charge in [-0.15, -0.1) is 0 Å². The molecule has 1 saturated heterocycles. The van der Waals surface area contributed by atoms with Crippen molar-refractivity contribution < 1.29 is 33.3 Å². The normalized spacial score (nSPS) is 17.5. The molecule has 0 saturated carbocycles. The van der Waals surface area contributed by atoms with Gasteiger partial charge in [-0.05, 0) is 67.6 Å². The maximum Gasteiger partial charge on any atom is 0.408 e. The molecule has 1 heterocycles. The van der Waals surface area contributed by atoms with Gasteiger partial charge in [0, 0.05) is 13.0 Å². The smallest absolute Gasteiger partial charge is 0.408 e. The molecular formula is C22H32BrNO7. The van der Waals surface area contributed by atoms with E-state index in [0.717, 1.165) is 35.9 Å². The Morgan fingerprint density at radius 3 is 2.68 bits per heavy atom. The van der Waals surface area contributed by atoms with Crippen LogP contribution in [0.15, 0.2) is 22.7 Å². The lowest BCUT2D eigenvalue weighted by Crippen LogP contribution is -2.45. The molecule has 1 aliphatic rings. The van der Waals surface area contributed by atoms with Crippen LogP contribution in [0.1, 0.15) is 45.6 Å². The van der Waals surface area contributed by atoms with E-state index in [9.17, 15) is 9.59 Å². The molecule has 9 heteroatoms. The molecule has 1 N–H and O–H groups in total. The van der Waals surface area contributed by atoms with Crippen molar-refractivity contribution in [3.63, 3.8) is 0 Å². The number of para-hydroxylation sites is 1. The van der Waals surface area contributed by atoms with E-state index < -0.39 is 23.7 Å². The summed E-state index contributed by atoms with van der Waals surface area (Å²) in [6.07, 6.45) is 2.35. The summed E-state index contributed by atoms with van der Waals surface area (Å²) in [7, 11) is 1.27. The van der Waals surface area contributed by atoms with Crippen LogP contribution in [-0.4, -0.2) is 56.9 Å². The number of esters is 1. The third-order valence-electron chi connectivity index (χ3n) is 4.42. The number of ether oxygens (including phenoxy) is 5. The van der Waals surface area contributed by atoms with Gasteiger partial charge >= 0.3 is 12.1 Å². The SMILES string of the molecule is COC(=O)[C@H](Cc1cccc(Br)c1OCCOC1CCCCO1)NC(=O)OC(C)(C)C. The minimum atomic E-state index is -0.927. The van der Waals surface area contributed by atoms with Crippen molar-refractivity contribution in [2.24, 2.45) is 0 Å². The Morgan fingerprint density at radius 2 is 2.03 bits per heavy atom. The van der Waals surface area contributed by atoms with E-state index in [1.54, 1.807) is 20.8 Å². The Hall–Kier alpha value is -1.84. The lowest BCUT2D eigenvalue weighted by molar-refractivity contribution is -0.165. The van der Waals surface area contributed by atoms with Gasteiger partial charge in [0.1, 0.15) is 24.0 Å². The Morgan fingerprint density at radius 1 is 1.26 bits per heavy atom. The van der Waals surface area contributed by atoms with Crippen molar-refractivity contribution in [1.29, 1.82) is 0 Å². The van der Waals surface area contributed by atoms with Gasteiger partial charge in [0.2, 0.25) is 0 Å². The summed E-state index contributed by atoms with van der Waals surface area (Å²) < 4.78 is 28.1. The quantitative estimate of drug-likeness (QED) is 0.404. The zero-order valence-electron chi connectivity index (χ0n) is 18.6. The highest BCUT2D eigenvalue weighted by Gasteiger charge is 2.27. The van der Waals surface area contributed by atoms with E-state index in [1.165, 1.54) is 7.11 Å². The predicted molar refractivity (Wildman–Crippen MR) is 118 cm³/mol. The van der Waals surface area contributed by atoms with Crippen LogP contribution in [0, 0.1) is 0 Å². The maximum atomic E-state index is 12.3. The number of benzene rings is 1. The average molecular weight is 502 g/mol. The van der Waals surface area contributed by atoms with Crippen molar-refractivity contribution in [2.45, 2.75) is 64.4 Å². The first-order valence-corrected chi connectivity index (χ1v) is 11.2. The monoisotopic (exact) mass is 501 g/mol. The highest BCUT2D eigenvalue weighted by Crippen LogP contribution is 2.30. The van der Waals surface area contributed by atoms with Gasteiger partial charge in [0.05, 0.1) is 18.2 Å². The molecule has 0 bridgehead atoms. The molecule has 31 heavy (non-hydrogen) atoms. The van der Waals surface area contributed by atoms with E-state index in [1.807, 2.05) is 18.2 Å². The fourth-order valence-corrected chi connectivity index (χ4v) is 3.57. The lowest BCUT2D eigenvalue weighted by Gasteiger charge is -2.24. The predicted octanol–water partition coefficient (Wildman–Crippen LogP) is 3.98. The van der Waals surface area contributed by atoms with Crippen molar-refractivity contribution in [1.82, 2.24) is 5.32 Å². The average Bonchev–Trinajstić information content (AvgIpc) is 2.71. The van der Waals surface area contributed by atoms with E-state index in [4.69, 9.17) is 23.7 Å². The molecule has 1 aliphatic heterocycles. The maximum absolute atomic E-state index is 12.3. The Labute approximate surface area is 192 Å². The summed E-state index contributed by atoms with van der Waals surface area (Å²) in [5.41, 5.74) is 0.0476. The number of nitrogens with one attached hydrogen (secondary N) is 1. The highest BCUT2D eigenvalue weighted by atomic mass is 79.9. The Balaban J connectivity index is 2.01. The van der Waals surface area contributed by atoms with Gasteiger partial charge in [-0.25, -0.2) is 9.59 Å². The van der Waals surface area contributed by atoms with Crippen molar-refractivity contribution in [3.05, 3.63) is 28.2 Å². The number of hydrogen-bond donors (Lipinski definition) is 1. The Bertz CT molecular complexity index is 729. The number of methoxy groups -OCH3 is 1. The number of hydrogen-bond acceptors (Lipinski definition) is 7. The molecule has 1 aromatic carbocycles. The standard InChI is InChI=1S/C22H32BrNO7/c1-22(2,3)31-21(26)24-17(20(25)27-4)14-15-8-7-9-16(23)19(15)30-13-12-29-18-10-5-6-11-28-18/h7-9,17-18H,5-6,10-14H2,1-4H3,(H,24,26)/t17-,18?/m0/s1. The third-order valence-corrected chi connectivity index (χ3v) is 5.05. The fourth-order valence-electron chi connectivity index (χ4n) is 3.05. The van der Waals surface area contributed by atoms with E-state index in [0.29, 0.717) is 19.0 Å². The zero-order valence-corrected chi connectivity index (χ0v) is 20.2. The molecule has 0 aliphatic carbocycles. The van der Waals surface area contributed by atoms with Crippen LogP contribution in [0.25, 0.3) is 0 Å². The molecule has 0 spiro atoms. The minimum absolute atomic E-state index is 0.174. The summed E-state index contributed by atoms with van der Waals surface area (Å²) in [5, 5.41) is 2.58. The first kappa shape index (κ1) is 25.4. The van der Waals surface area contributed by atoms with Crippen LogP contribution in [0.4, 0.5) is 4.79 Å². The number of carbonyl (C=O) groups excluding carboxylic acids is 2. The van der Waals surface area contributed by atoms with Crippen LogP contribution < -0.4 is 10.1 Å². The minimum Gasteiger partial charge on any atom is -0.490 e. The van der Waals surface area contributed by atoms with Crippen LogP contribution in [-0.2, 0) is 30.2 Å². The number of amides is 1. The summed E-state index contributed by atoms with van der Waals surface area (Å²) in [5.74, 6) is 0.00474. The molecule has 8 nitrogen and oxygen atoms in total. The van der Waals surface area contributed by atoms with Crippen LogP contribution in [0.2, 0.25) is 0 Å². The first-order chi connectivity index (χ1) is 14.7. The van der Waals surface area contributed by atoms with Crippen LogP contribution >= 0.6 is 15.9 Å². The topological polar surface area (TPSA) is 92.3 Å². The molecule has 1 amide bonds. The van der Waals surface area contributed by atoms with Gasteiger partial charge in [-0.1, -0.05) is 12.1 Å². The van der Waals surface area contributed by atoms with E-state index in [2.05, 4.69) is 21.2 Å². The zero-order chi connectivity index (χ0) is 22.9. The molecule has 0 aromatic heterocycles. The van der Waals surface area contributed by atoms with Crippen LogP contribution in [0.3, 0.4) is 0 Å². The van der Waals surface area contributed by atoms with Gasteiger partial charge in [0.15, 0.2) is 6.29 Å². The lowest BCUT2D eigenvalue weighted by atomic mass is 10.0. The van der Waals surface area contributed by atoms with Crippen molar-refractivity contribution >= 4 is 28.0 Å². The number of halogens is 1. The number of rotatable bonds is 9. The molecule has 2 atom stereocenters.